The van der Waals surface area contributed by atoms with Crippen molar-refractivity contribution in [1.82, 2.24) is 5.32 Å². The number of carboxylic acids is 1. The van der Waals surface area contributed by atoms with E-state index in [1.165, 1.54) is 23.5 Å². The van der Waals surface area contributed by atoms with Crippen LogP contribution in [0, 0.1) is 0 Å². The average Bonchev–Trinajstić information content (AvgIpc) is 2.88. The number of thiophene rings is 1. The molecule has 2 N–H and O–H groups in total. The van der Waals surface area contributed by atoms with E-state index in [4.69, 9.17) is 23.2 Å². The molecule has 104 valence electrons. The monoisotopic (exact) mass is 329 g/mol. The lowest BCUT2D eigenvalue weighted by Gasteiger charge is -2.14. The van der Waals surface area contributed by atoms with E-state index in [1.54, 1.807) is 23.6 Å². The van der Waals surface area contributed by atoms with E-state index in [2.05, 4.69) is 5.32 Å². The first-order valence-electron chi connectivity index (χ1n) is 5.52. The van der Waals surface area contributed by atoms with Gasteiger partial charge in [0.05, 0.1) is 15.6 Å². The molecule has 7 heteroatoms. The number of rotatable bonds is 4. The van der Waals surface area contributed by atoms with E-state index in [9.17, 15) is 14.7 Å². The number of hydrogen-bond acceptors (Lipinski definition) is 3. The fraction of sp³-hybridized carbons (Fsp3) is 0.0769. The fourth-order valence-electron chi connectivity index (χ4n) is 1.63. The third-order valence-electron chi connectivity index (χ3n) is 2.54. The summed E-state index contributed by atoms with van der Waals surface area (Å²) in [6.07, 6.45) is 0. The van der Waals surface area contributed by atoms with E-state index in [0.29, 0.717) is 4.88 Å². The smallest absolute Gasteiger partial charge is 0.331 e. The van der Waals surface area contributed by atoms with Crippen LogP contribution in [0.3, 0.4) is 0 Å². The van der Waals surface area contributed by atoms with Crippen molar-refractivity contribution in [2.24, 2.45) is 0 Å². The first-order chi connectivity index (χ1) is 9.50. The van der Waals surface area contributed by atoms with Crippen molar-refractivity contribution in [1.29, 1.82) is 0 Å². The van der Waals surface area contributed by atoms with Crippen molar-refractivity contribution < 1.29 is 14.7 Å². The Morgan fingerprint density at radius 3 is 2.30 bits per heavy atom. The summed E-state index contributed by atoms with van der Waals surface area (Å²) in [7, 11) is 0. The number of carbonyl (C=O) groups is 2. The van der Waals surface area contributed by atoms with Crippen LogP contribution in [-0.4, -0.2) is 17.0 Å². The van der Waals surface area contributed by atoms with Crippen LogP contribution in [0.15, 0.2) is 35.7 Å². The maximum absolute atomic E-state index is 12.2. The van der Waals surface area contributed by atoms with E-state index < -0.39 is 17.9 Å². The van der Waals surface area contributed by atoms with Crippen LogP contribution in [0.4, 0.5) is 0 Å². The Morgan fingerprint density at radius 1 is 1.15 bits per heavy atom. The summed E-state index contributed by atoms with van der Waals surface area (Å²) in [5.41, 5.74) is 0.0682. The third kappa shape index (κ3) is 3.12. The summed E-state index contributed by atoms with van der Waals surface area (Å²) in [5.74, 6) is -1.77. The van der Waals surface area contributed by atoms with Crippen LogP contribution in [0.2, 0.25) is 10.0 Å². The zero-order chi connectivity index (χ0) is 14.7. The second kappa shape index (κ2) is 6.26. The predicted octanol–water partition coefficient (Wildman–Crippen LogP) is 3.61. The van der Waals surface area contributed by atoms with Gasteiger partial charge < -0.3 is 10.4 Å². The molecule has 1 aromatic carbocycles. The molecule has 0 spiro atoms. The van der Waals surface area contributed by atoms with Crippen molar-refractivity contribution in [2.75, 3.05) is 0 Å². The van der Waals surface area contributed by atoms with Crippen LogP contribution in [0.5, 0.6) is 0 Å². The van der Waals surface area contributed by atoms with Crippen LogP contribution in [0.25, 0.3) is 0 Å². The van der Waals surface area contributed by atoms with Crippen molar-refractivity contribution in [3.63, 3.8) is 0 Å². The Morgan fingerprint density at radius 2 is 1.80 bits per heavy atom. The van der Waals surface area contributed by atoms with Crippen molar-refractivity contribution >= 4 is 46.4 Å². The molecule has 2 aromatic rings. The molecule has 0 fully saturated rings. The molecule has 0 aliphatic rings. The normalized spacial score (nSPS) is 11.9. The summed E-state index contributed by atoms with van der Waals surface area (Å²) in [5, 5.41) is 13.7. The number of carbonyl (C=O) groups excluding carboxylic acids is 1. The van der Waals surface area contributed by atoms with Crippen LogP contribution < -0.4 is 5.32 Å². The Bertz CT molecular complexity index is 623. The minimum atomic E-state index is -1.15. The molecule has 0 saturated heterocycles. The van der Waals surface area contributed by atoms with Gasteiger partial charge in [-0.2, -0.15) is 0 Å². The number of benzene rings is 1. The standard InChI is InChI=1S/C13H9Cl2NO3S/c14-7-3-1-4-8(15)10(7)12(17)16-11(13(18)19)9-5-2-6-20-9/h1-6,11H,(H,16,17)(H,18,19). The second-order valence-electron chi connectivity index (χ2n) is 3.86. The number of hydrogen-bond donors (Lipinski definition) is 2. The lowest BCUT2D eigenvalue weighted by atomic mass is 10.1. The highest BCUT2D eigenvalue weighted by atomic mass is 35.5. The maximum atomic E-state index is 12.2. The SMILES string of the molecule is O=C(NC(C(=O)O)c1cccs1)c1c(Cl)cccc1Cl. The van der Waals surface area contributed by atoms with E-state index in [0.717, 1.165) is 0 Å². The molecule has 4 nitrogen and oxygen atoms in total. The molecule has 0 aliphatic carbocycles. The minimum absolute atomic E-state index is 0.0682. The Kier molecular flexibility index (Phi) is 4.65. The Hall–Kier alpha value is -1.56. The van der Waals surface area contributed by atoms with Gasteiger partial charge in [-0.1, -0.05) is 35.3 Å². The largest absolute Gasteiger partial charge is 0.479 e. The molecule has 2 rings (SSSR count). The van der Waals surface area contributed by atoms with E-state index >= 15 is 0 Å². The molecule has 1 atom stereocenters. The summed E-state index contributed by atoms with van der Waals surface area (Å²) in [6.45, 7) is 0. The highest BCUT2D eigenvalue weighted by Gasteiger charge is 2.25. The lowest BCUT2D eigenvalue weighted by molar-refractivity contribution is -0.139. The molecule has 1 amide bonds. The zero-order valence-electron chi connectivity index (χ0n) is 9.97. The van der Waals surface area contributed by atoms with Gasteiger partial charge >= 0.3 is 5.97 Å². The van der Waals surface area contributed by atoms with Gasteiger partial charge in [-0.3, -0.25) is 4.79 Å². The second-order valence-corrected chi connectivity index (χ2v) is 5.65. The molecular formula is C13H9Cl2NO3S. The van der Waals surface area contributed by atoms with Gasteiger partial charge in [-0.25, -0.2) is 4.79 Å². The minimum Gasteiger partial charge on any atom is -0.479 e. The van der Waals surface area contributed by atoms with E-state index in [-0.39, 0.29) is 15.6 Å². The molecule has 0 saturated carbocycles. The highest BCUT2D eigenvalue weighted by molar-refractivity contribution is 7.10. The van der Waals surface area contributed by atoms with Crippen molar-refractivity contribution in [3.05, 3.63) is 56.2 Å². The van der Waals surface area contributed by atoms with E-state index in [1.807, 2.05) is 0 Å². The molecule has 0 aliphatic heterocycles. The first-order valence-corrected chi connectivity index (χ1v) is 7.15. The lowest BCUT2D eigenvalue weighted by Crippen LogP contribution is -2.33. The molecule has 1 heterocycles. The summed E-state index contributed by atoms with van der Waals surface area (Å²) < 4.78 is 0. The maximum Gasteiger partial charge on any atom is 0.331 e. The van der Waals surface area contributed by atoms with Gasteiger partial charge in [0.1, 0.15) is 0 Å². The molecular weight excluding hydrogens is 321 g/mol. The van der Waals surface area contributed by atoms with Gasteiger partial charge in [0, 0.05) is 4.88 Å². The highest BCUT2D eigenvalue weighted by Crippen LogP contribution is 2.26. The third-order valence-corrected chi connectivity index (χ3v) is 4.11. The van der Waals surface area contributed by atoms with Gasteiger partial charge in [0.25, 0.3) is 5.91 Å². The number of nitrogens with one attached hydrogen (secondary N) is 1. The summed E-state index contributed by atoms with van der Waals surface area (Å²) >= 11 is 13.1. The number of halogens is 2. The summed E-state index contributed by atoms with van der Waals surface area (Å²) in [4.78, 5) is 23.9. The fourth-order valence-corrected chi connectivity index (χ4v) is 2.96. The molecule has 1 aromatic heterocycles. The quantitative estimate of drug-likeness (QED) is 0.900. The van der Waals surface area contributed by atoms with Gasteiger partial charge in [-0.05, 0) is 23.6 Å². The molecule has 0 bridgehead atoms. The Balaban J connectivity index is 2.28. The summed E-state index contributed by atoms with van der Waals surface area (Å²) in [6, 6.07) is 6.86. The Labute approximate surface area is 128 Å². The van der Waals surface area contributed by atoms with Crippen LogP contribution in [-0.2, 0) is 4.79 Å². The predicted molar refractivity (Wildman–Crippen MR) is 78.6 cm³/mol. The molecule has 0 radical (unpaired) electrons. The number of amides is 1. The van der Waals surface area contributed by atoms with Crippen LogP contribution >= 0.6 is 34.5 Å². The topological polar surface area (TPSA) is 66.4 Å². The van der Waals surface area contributed by atoms with Gasteiger partial charge in [0.15, 0.2) is 6.04 Å². The van der Waals surface area contributed by atoms with Crippen LogP contribution in [0.1, 0.15) is 21.3 Å². The van der Waals surface area contributed by atoms with Crippen molar-refractivity contribution in [2.45, 2.75) is 6.04 Å². The first kappa shape index (κ1) is 14.8. The average molecular weight is 330 g/mol. The number of aliphatic carboxylic acids is 1. The van der Waals surface area contributed by atoms with Crippen molar-refractivity contribution in [3.8, 4) is 0 Å². The zero-order valence-corrected chi connectivity index (χ0v) is 12.3. The number of carboxylic acid groups (broad SMARTS) is 1. The van der Waals surface area contributed by atoms with Gasteiger partial charge in [0.2, 0.25) is 0 Å². The molecule has 1 unspecified atom stereocenters. The van der Waals surface area contributed by atoms with Gasteiger partial charge in [-0.15, -0.1) is 11.3 Å². The molecule has 20 heavy (non-hydrogen) atoms.